The van der Waals surface area contributed by atoms with Crippen molar-refractivity contribution in [2.24, 2.45) is 0 Å². The van der Waals surface area contributed by atoms with Gasteiger partial charge in [-0.1, -0.05) is 48.5 Å². The Morgan fingerprint density at radius 3 is 2.20 bits per heavy atom. The van der Waals surface area contributed by atoms with E-state index in [4.69, 9.17) is 4.74 Å². The smallest absolute Gasteiger partial charge is 0.411 e. The number of ether oxygens (including phenoxy) is 1. The SMILES string of the molecule is CC(C(=O)O)N(C(=O)c1ccc(NC(=O)OCC2c3ccccc3-c3ccccc32)cn1)C1CC1. The van der Waals surface area contributed by atoms with Crippen molar-refractivity contribution in [2.45, 2.75) is 37.8 Å². The lowest BCUT2D eigenvalue weighted by Gasteiger charge is -2.26. The minimum absolute atomic E-state index is 0.0455. The summed E-state index contributed by atoms with van der Waals surface area (Å²) >= 11 is 0. The third-order valence-electron chi connectivity index (χ3n) is 6.52. The summed E-state index contributed by atoms with van der Waals surface area (Å²) in [7, 11) is 0. The predicted octanol–water partition coefficient (Wildman–Crippen LogP) is 4.52. The maximum atomic E-state index is 12.8. The van der Waals surface area contributed by atoms with Gasteiger partial charge >= 0.3 is 12.1 Å². The van der Waals surface area contributed by atoms with E-state index in [1.807, 2.05) is 24.3 Å². The number of carboxylic acid groups (broad SMARTS) is 1. The van der Waals surface area contributed by atoms with Crippen molar-refractivity contribution in [1.29, 1.82) is 0 Å². The van der Waals surface area contributed by atoms with Crippen LogP contribution in [0.5, 0.6) is 0 Å². The number of rotatable bonds is 7. The summed E-state index contributed by atoms with van der Waals surface area (Å²) in [6, 6.07) is 18.2. The molecule has 8 heteroatoms. The van der Waals surface area contributed by atoms with E-state index >= 15 is 0 Å². The molecule has 3 aromatic rings. The van der Waals surface area contributed by atoms with E-state index in [9.17, 15) is 19.5 Å². The number of carbonyl (C=O) groups excluding carboxylic acids is 2. The van der Waals surface area contributed by atoms with Gasteiger partial charge in [-0.25, -0.2) is 14.6 Å². The highest BCUT2D eigenvalue weighted by Crippen LogP contribution is 2.44. The largest absolute Gasteiger partial charge is 0.480 e. The van der Waals surface area contributed by atoms with Crippen LogP contribution in [-0.2, 0) is 9.53 Å². The van der Waals surface area contributed by atoms with Crippen molar-refractivity contribution in [1.82, 2.24) is 9.88 Å². The van der Waals surface area contributed by atoms with Crippen molar-refractivity contribution >= 4 is 23.7 Å². The molecule has 0 bridgehead atoms. The van der Waals surface area contributed by atoms with E-state index in [0.29, 0.717) is 5.69 Å². The van der Waals surface area contributed by atoms with Crippen LogP contribution in [0.2, 0.25) is 0 Å². The summed E-state index contributed by atoms with van der Waals surface area (Å²) < 4.78 is 5.54. The monoisotopic (exact) mass is 471 g/mol. The van der Waals surface area contributed by atoms with E-state index in [2.05, 4.69) is 34.6 Å². The minimum atomic E-state index is -1.06. The first-order valence-electron chi connectivity index (χ1n) is 11.6. The summed E-state index contributed by atoms with van der Waals surface area (Å²) in [6.45, 7) is 1.68. The van der Waals surface area contributed by atoms with Gasteiger partial charge in [0.1, 0.15) is 18.3 Å². The minimum Gasteiger partial charge on any atom is -0.480 e. The summed E-state index contributed by atoms with van der Waals surface area (Å²) in [5, 5.41) is 12.0. The number of fused-ring (bicyclic) bond motifs is 3. The van der Waals surface area contributed by atoms with Gasteiger partial charge in [0, 0.05) is 12.0 Å². The number of carbonyl (C=O) groups is 3. The molecule has 178 valence electrons. The number of benzene rings is 2. The van der Waals surface area contributed by atoms with Gasteiger partial charge < -0.3 is 14.7 Å². The van der Waals surface area contributed by atoms with Crippen molar-refractivity contribution in [3.63, 3.8) is 0 Å². The molecule has 5 rings (SSSR count). The molecular formula is C27H25N3O5. The van der Waals surface area contributed by atoms with Gasteiger partial charge in [0.05, 0.1) is 11.9 Å². The molecule has 1 heterocycles. The van der Waals surface area contributed by atoms with E-state index in [-0.39, 0.29) is 24.3 Å². The van der Waals surface area contributed by atoms with Crippen LogP contribution in [0.25, 0.3) is 11.1 Å². The lowest BCUT2D eigenvalue weighted by Crippen LogP contribution is -2.45. The second-order valence-electron chi connectivity index (χ2n) is 8.84. The number of hydrogen-bond donors (Lipinski definition) is 2. The molecule has 1 saturated carbocycles. The lowest BCUT2D eigenvalue weighted by molar-refractivity contribution is -0.141. The second-order valence-corrected chi connectivity index (χ2v) is 8.84. The Labute approximate surface area is 202 Å². The first-order valence-corrected chi connectivity index (χ1v) is 11.6. The van der Waals surface area contributed by atoms with Crippen LogP contribution in [-0.4, -0.2) is 51.7 Å². The maximum Gasteiger partial charge on any atom is 0.411 e. The van der Waals surface area contributed by atoms with E-state index in [1.54, 1.807) is 6.07 Å². The van der Waals surface area contributed by atoms with E-state index in [1.165, 1.54) is 24.1 Å². The highest BCUT2D eigenvalue weighted by Gasteiger charge is 2.39. The van der Waals surface area contributed by atoms with Crippen molar-refractivity contribution < 1.29 is 24.2 Å². The molecule has 1 aromatic heterocycles. The average molecular weight is 472 g/mol. The van der Waals surface area contributed by atoms with Crippen LogP contribution in [0, 0.1) is 0 Å². The maximum absolute atomic E-state index is 12.8. The number of nitrogens with zero attached hydrogens (tertiary/aromatic N) is 2. The van der Waals surface area contributed by atoms with Crippen molar-refractivity contribution in [3.8, 4) is 11.1 Å². The molecule has 0 radical (unpaired) electrons. The number of amides is 2. The van der Waals surface area contributed by atoms with Crippen LogP contribution in [0.15, 0.2) is 66.9 Å². The topological polar surface area (TPSA) is 109 Å². The number of carboxylic acids is 1. The number of anilines is 1. The fourth-order valence-corrected chi connectivity index (χ4v) is 4.61. The van der Waals surface area contributed by atoms with Crippen LogP contribution in [0.4, 0.5) is 10.5 Å². The number of nitrogens with one attached hydrogen (secondary N) is 1. The second kappa shape index (κ2) is 9.21. The molecule has 1 atom stereocenters. The third kappa shape index (κ3) is 4.47. The summed E-state index contributed by atoms with van der Waals surface area (Å²) in [4.78, 5) is 42.2. The zero-order valence-electron chi connectivity index (χ0n) is 19.2. The van der Waals surface area contributed by atoms with Gasteiger partial charge in [0.15, 0.2) is 0 Å². The Bertz CT molecular complexity index is 1240. The molecule has 8 nitrogen and oxygen atoms in total. The molecule has 0 aliphatic heterocycles. The highest BCUT2D eigenvalue weighted by atomic mass is 16.5. The summed E-state index contributed by atoms with van der Waals surface area (Å²) in [5.41, 5.74) is 5.06. The van der Waals surface area contributed by atoms with E-state index < -0.39 is 24.0 Å². The Morgan fingerprint density at radius 2 is 1.66 bits per heavy atom. The summed E-state index contributed by atoms with van der Waals surface area (Å²) in [5.74, 6) is -1.54. The molecule has 2 aliphatic rings. The zero-order valence-corrected chi connectivity index (χ0v) is 19.2. The van der Waals surface area contributed by atoms with Crippen LogP contribution in [0.3, 0.4) is 0 Å². The number of hydrogen-bond acceptors (Lipinski definition) is 5. The van der Waals surface area contributed by atoms with Gasteiger partial charge in [-0.05, 0) is 54.2 Å². The standard InChI is InChI=1S/C27H25N3O5/c1-16(26(32)33)30(18-11-12-18)25(31)24-13-10-17(14-28-24)29-27(34)35-15-23-21-8-4-2-6-19(21)20-7-3-5-9-22(20)23/h2-10,13-14,16,18,23H,11-12,15H2,1H3,(H,29,34)(H,32,33). The molecular weight excluding hydrogens is 446 g/mol. The fraction of sp³-hybridized carbons (Fsp3) is 0.259. The van der Waals surface area contributed by atoms with Gasteiger partial charge in [0.2, 0.25) is 0 Å². The lowest BCUT2D eigenvalue weighted by atomic mass is 9.98. The third-order valence-corrected chi connectivity index (χ3v) is 6.52. The van der Waals surface area contributed by atoms with Gasteiger partial charge in [-0.2, -0.15) is 0 Å². The number of aromatic nitrogens is 1. The first-order chi connectivity index (χ1) is 16.9. The molecule has 2 N–H and O–H groups in total. The molecule has 0 saturated heterocycles. The van der Waals surface area contributed by atoms with Crippen LogP contribution in [0.1, 0.15) is 47.3 Å². The predicted molar refractivity (Wildman–Crippen MR) is 129 cm³/mol. The molecule has 35 heavy (non-hydrogen) atoms. The first kappa shape index (κ1) is 22.6. The molecule has 2 aromatic carbocycles. The van der Waals surface area contributed by atoms with Gasteiger partial charge in [0.25, 0.3) is 5.91 Å². The highest BCUT2D eigenvalue weighted by molar-refractivity contribution is 5.96. The molecule has 1 fully saturated rings. The average Bonchev–Trinajstić information content (AvgIpc) is 3.65. The zero-order chi connectivity index (χ0) is 24.5. The fourth-order valence-electron chi connectivity index (χ4n) is 4.61. The van der Waals surface area contributed by atoms with Gasteiger partial charge in [-0.3, -0.25) is 10.1 Å². The normalized spacial score (nSPS) is 15.0. The van der Waals surface area contributed by atoms with Crippen LogP contribution < -0.4 is 5.32 Å². The van der Waals surface area contributed by atoms with E-state index in [0.717, 1.165) is 35.1 Å². The Balaban J connectivity index is 1.22. The Morgan fingerprint density at radius 1 is 1.03 bits per heavy atom. The van der Waals surface area contributed by atoms with Crippen molar-refractivity contribution in [3.05, 3.63) is 83.7 Å². The summed E-state index contributed by atoms with van der Waals surface area (Å²) in [6.07, 6.45) is 2.31. The number of aliphatic carboxylic acids is 1. The van der Waals surface area contributed by atoms with Gasteiger partial charge in [-0.15, -0.1) is 0 Å². The number of pyridine rings is 1. The molecule has 0 spiro atoms. The molecule has 2 aliphatic carbocycles. The Hall–Kier alpha value is -4.20. The quantitative estimate of drug-likeness (QED) is 0.524. The van der Waals surface area contributed by atoms with Crippen molar-refractivity contribution in [2.75, 3.05) is 11.9 Å². The molecule has 1 unspecified atom stereocenters. The Kier molecular flexibility index (Phi) is 5.94. The van der Waals surface area contributed by atoms with Crippen LogP contribution >= 0.6 is 0 Å². The molecule has 2 amide bonds.